The molecule has 0 amide bonds. The molecule has 0 fully saturated rings. The Morgan fingerprint density at radius 2 is 0.900 bits per heavy atom. The van der Waals surface area contributed by atoms with Crippen LogP contribution in [0.3, 0.4) is 0 Å². The van der Waals surface area contributed by atoms with Crippen LogP contribution in [0.2, 0.25) is 0 Å². The zero-order chi connectivity index (χ0) is 39.6. The summed E-state index contributed by atoms with van der Waals surface area (Å²) in [5.41, 5.74) is 15.2. The minimum absolute atomic E-state index is 0.673. The summed E-state index contributed by atoms with van der Waals surface area (Å²) in [4.78, 5) is 15.8. The van der Waals surface area contributed by atoms with Crippen molar-refractivity contribution in [2.45, 2.75) is 5.41 Å². The van der Waals surface area contributed by atoms with Crippen molar-refractivity contribution in [3.05, 3.63) is 235 Å². The van der Waals surface area contributed by atoms with Crippen LogP contribution in [0.4, 0.5) is 0 Å². The fourth-order valence-electron chi connectivity index (χ4n) is 9.68. The third-order valence-corrected chi connectivity index (χ3v) is 12.2. The van der Waals surface area contributed by atoms with Crippen LogP contribution < -0.4 is 4.74 Å². The van der Waals surface area contributed by atoms with Crippen LogP contribution in [0.1, 0.15) is 22.3 Å². The minimum atomic E-state index is -0.684. The summed E-state index contributed by atoms with van der Waals surface area (Å²) >= 11 is 0. The van der Waals surface area contributed by atoms with Gasteiger partial charge >= 0.3 is 0 Å². The molecule has 12 rings (SSSR count). The maximum absolute atomic E-state index is 6.72. The van der Waals surface area contributed by atoms with Crippen molar-refractivity contribution in [1.82, 2.24) is 15.0 Å². The first-order valence-electron chi connectivity index (χ1n) is 20.3. The van der Waals surface area contributed by atoms with Crippen LogP contribution in [0.15, 0.2) is 212 Å². The molecule has 280 valence electrons. The first kappa shape index (κ1) is 34.1. The molecule has 1 aliphatic carbocycles. The second kappa shape index (κ2) is 13.6. The molecule has 2 aromatic heterocycles. The molecule has 0 bridgehead atoms. The fraction of sp³-hybridized carbons (Fsp3) is 0.0179. The number of fused-ring (bicyclic) bond motifs is 10. The largest absolute Gasteiger partial charge is 0.457 e. The molecule has 1 spiro atoms. The van der Waals surface area contributed by atoms with Crippen LogP contribution in [-0.4, -0.2) is 15.0 Å². The monoisotopic (exact) mass is 765 g/mol. The summed E-state index contributed by atoms with van der Waals surface area (Å²) in [6.45, 7) is 0. The first-order valence-corrected chi connectivity index (χ1v) is 20.3. The van der Waals surface area contributed by atoms with Gasteiger partial charge in [-0.1, -0.05) is 176 Å². The molecular formula is C56H35N3O. The van der Waals surface area contributed by atoms with Crippen molar-refractivity contribution < 1.29 is 4.74 Å². The number of para-hydroxylation sites is 2. The van der Waals surface area contributed by atoms with Crippen molar-refractivity contribution in [2.24, 2.45) is 0 Å². The summed E-state index contributed by atoms with van der Waals surface area (Å²) in [7, 11) is 0. The fourth-order valence-corrected chi connectivity index (χ4v) is 9.68. The SMILES string of the molecule is c1ccc(-c2cc(-c3ccccc3)nc(-c3cccc4c3-c3c(-c5cccc(-c6nccc7ccccc67)c5)cccc3C43c4ccccc4Oc4ccccc43)n2)cc1. The molecule has 8 aromatic carbocycles. The Hall–Kier alpha value is -7.95. The van der Waals surface area contributed by atoms with Gasteiger partial charge in [0.25, 0.3) is 0 Å². The Morgan fingerprint density at radius 3 is 1.58 bits per heavy atom. The molecular weight excluding hydrogens is 731 g/mol. The number of hydrogen-bond acceptors (Lipinski definition) is 4. The van der Waals surface area contributed by atoms with Crippen molar-refractivity contribution in [2.75, 3.05) is 0 Å². The lowest BCUT2D eigenvalue weighted by atomic mass is 9.66. The Balaban J connectivity index is 1.18. The number of aromatic nitrogens is 3. The molecule has 60 heavy (non-hydrogen) atoms. The average Bonchev–Trinajstić information content (AvgIpc) is 3.63. The highest BCUT2D eigenvalue weighted by Crippen LogP contribution is 2.64. The van der Waals surface area contributed by atoms with Crippen LogP contribution in [0.25, 0.3) is 78.2 Å². The molecule has 0 saturated heterocycles. The molecule has 3 heterocycles. The quantitative estimate of drug-likeness (QED) is 0.175. The molecule has 0 atom stereocenters. The van der Waals surface area contributed by atoms with Gasteiger partial charge in [0, 0.05) is 45.0 Å². The lowest BCUT2D eigenvalue weighted by Crippen LogP contribution is -2.32. The number of hydrogen-bond donors (Lipinski definition) is 0. The summed E-state index contributed by atoms with van der Waals surface area (Å²) in [6, 6.07) is 72.8. The molecule has 0 radical (unpaired) electrons. The molecule has 0 N–H and O–H groups in total. The van der Waals surface area contributed by atoms with Crippen molar-refractivity contribution in [3.8, 4) is 78.9 Å². The van der Waals surface area contributed by atoms with E-state index in [1.54, 1.807) is 0 Å². The lowest BCUT2D eigenvalue weighted by Gasteiger charge is -2.39. The number of nitrogens with zero attached hydrogens (tertiary/aromatic N) is 3. The van der Waals surface area contributed by atoms with E-state index in [0.717, 1.165) is 89.6 Å². The Morgan fingerprint density at radius 1 is 0.383 bits per heavy atom. The standard InChI is InChI=1S/C56H35N3O/c1-3-17-37(18-4-1)48-35-49(38-19-5-2-6-20-38)59-55(58-48)43-25-15-29-47-53(43)52-41(39-21-13-22-40(34-39)54-42-23-8-7-16-36(42)32-33-57-54)24-14-28-46(52)56(47)44-26-9-11-30-50(44)60-51-31-12-10-27-45(51)56/h1-35H. The van der Waals surface area contributed by atoms with E-state index in [1.165, 1.54) is 16.5 Å². The van der Waals surface area contributed by atoms with E-state index in [4.69, 9.17) is 19.7 Å². The smallest absolute Gasteiger partial charge is 0.161 e. The van der Waals surface area contributed by atoms with E-state index in [0.29, 0.717) is 5.82 Å². The highest BCUT2D eigenvalue weighted by atomic mass is 16.5. The summed E-state index contributed by atoms with van der Waals surface area (Å²) in [5.74, 6) is 2.37. The molecule has 2 aliphatic rings. The predicted octanol–water partition coefficient (Wildman–Crippen LogP) is 13.8. The van der Waals surface area contributed by atoms with Gasteiger partial charge in [-0.05, 0) is 69.1 Å². The molecule has 4 heteroatoms. The van der Waals surface area contributed by atoms with Gasteiger partial charge in [-0.2, -0.15) is 0 Å². The first-order chi connectivity index (χ1) is 29.8. The second-order valence-corrected chi connectivity index (χ2v) is 15.5. The zero-order valence-corrected chi connectivity index (χ0v) is 32.5. The van der Waals surface area contributed by atoms with Gasteiger partial charge in [0.05, 0.1) is 22.5 Å². The lowest BCUT2D eigenvalue weighted by molar-refractivity contribution is 0.436. The molecule has 0 unspecified atom stereocenters. The molecule has 10 aromatic rings. The summed E-state index contributed by atoms with van der Waals surface area (Å²) in [5, 5.41) is 2.29. The number of pyridine rings is 1. The van der Waals surface area contributed by atoms with Gasteiger partial charge in [0.15, 0.2) is 5.82 Å². The second-order valence-electron chi connectivity index (χ2n) is 15.5. The number of rotatable bonds is 5. The van der Waals surface area contributed by atoms with E-state index in [9.17, 15) is 0 Å². The minimum Gasteiger partial charge on any atom is -0.457 e. The van der Waals surface area contributed by atoms with Gasteiger partial charge in [-0.25, -0.2) is 9.97 Å². The van der Waals surface area contributed by atoms with Gasteiger partial charge in [-0.15, -0.1) is 0 Å². The molecule has 4 nitrogen and oxygen atoms in total. The maximum Gasteiger partial charge on any atom is 0.161 e. The Bertz CT molecular complexity index is 3190. The Kier molecular flexibility index (Phi) is 7.72. The highest BCUT2D eigenvalue weighted by molar-refractivity contribution is 6.03. The van der Waals surface area contributed by atoms with Crippen LogP contribution in [0, 0.1) is 0 Å². The van der Waals surface area contributed by atoms with E-state index >= 15 is 0 Å². The number of benzene rings is 8. The highest BCUT2D eigenvalue weighted by Gasteiger charge is 2.52. The van der Waals surface area contributed by atoms with Gasteiger partial charge < -0.3 is 4.74 Å². The molecule has 0 saturated carbocycles. The van der Waals surface area contributed by atoms with Crippen molar-refractivity contribution >= 4 is 10.8 Å². The van der Waals surface area contributed by atoms with Gasteiger partial charge in [0.2, 0.25) is 0 Å². The van der Waals surface area contributed by atoms with E-state index in [2.05, 4.69) is 194 Å². The maximum atomic E-state index is 6.72. The van der Waals surface area contributed by atoms with Gasteiger partial charge in [-0.3, -0.25) is 4.98 Å². The molecule has 1 aliphatic heterocycles. The van der Waals surface area contributed by atoms with E-state index < -0.39 is 5.41 Å². The number of ether oxygens (including phenoxy) is 1. The van der Waals surface area contributed by atoms with Crippen LogP contribution in [0.5, 0.6) is 11.5 Å². The Labute approximate surface area is 348 Å². The van der Waals surface area contributed by atoms with Crippen molar-refractivity contribution in [3.63, 3.8) is 0 Å². The van der Waals surface area contributed by atoms with E-state index in [-0.39, 0.29) is 0 Å². The van der Waals surface area contributed by atoms with Crippen molar-refractivity contribution in [1.29, 1.82) is 0 Å². The zero-order valence-electron chi connectivity index (χ0n) is 32.5. The van der Waals surface area contributed by atoms with Gasteiger partial charge in [0.1, 0.15) is 11.5 Å². The summed E-state index contributed by atoms with van der Waals surface area (Å²) in [6.07, 6.45) is 1.91. The van der Waals surface area contributed by atoms with Crippen LogP contribution in [-0.2, 0) is 5.41 Å². The van der Waals surface area contributed by atoms with E-state index in [1.807, 2.05) is 18.3 Å². The third-order valence-electron chi connectivity index (χ3n) is 12.2. The summed E-state index contributed by atoms with van der Waals surface area (Å²) < 4.78 is 6.72. The average molecular weight is 766 g/mol. The predicted molar refractivity (Wildman–Crippen MR) is 242 cm³/mol. The third kappa shape index (κ3) is 5.14. The topological polar surface area (TPSA) is 47.9 Å². The van der Waals surface area contributed by atoms with Crippen LogP contribution >= 0.6 is 0 Å². The normalized spacial score (nSPS) is 12.9.